The Kier molecular flexibility index (Phi) is 5.34. The molecule has 11 nitrogen and oxygen atoms in total. The van der Waals surface area contributed by atoms with Crippen molar-refractivity contribution in [2.75, 3.05) is 10.6 Å². The van der Waals surface area contributed by atoms with E-state index in [2.05, 4.69) is 31.2 Å². The quantitative estimate of drug-likeness (QED) is 0.523. The Balaban J connectivity index is 1.38. The molecule has 1 aliphatic heterocycles. The highest BCUT2D eigenvalue weighted by Crippen LogP contribution is 2.37. The molecule has 2 aliphatic carbocycles. The zero-order chi connectivity index (χ0) is 24.0. The number of nitrogens with zero attached hydrogens (tertiary/aromatic N) is 3. The smallest absolute Gasteiger partial charge is 0.276 e. The third-order valence-corrected chi connectivity index (χ3v) is 6.76. The largest absolute Gasteiger partial charge is 0.353 e. The molecule has 4 N–H and O–H groups in total. The van der Waals surface area contributed by atoms with Crippen LogP contribution in [0.15, 0.2) is 23.3 Å². The summed E-state index contributed by atoms with van der Waals surface area (Å²) in [6.45, 7) is 3.23. The second-order valence-corrected chi connectivity index (χ2v) is 9.33. The molecule has 2 fully saturated rings. The molecule has 2 aromatic heterocycles. The van der Waals surface area contributed by atoms with Crippen molar-refractivity contribution in [3.05, 3.63) is 40.1 Å². The summed E-state index contributed by atoms with van der Waals surface area (Å²) in [7, 11) is 0. The molecule has 11 heteroatoms. The molecule has 178 valence electrons. The van der Waals surface area contributed by atoms with E-state index in [1.54, 1.807) is 16.7 Å². The Hall–Kier alpha value is -3.76. The molecule has 5 rings (SSSR count). The monoisotopic (exact) mass is 465 g/mol. The fourth-order valence-electron chi connectivity index (χ4n) is 5.09. The highest BCUT2D eigenvalue weighted by Gasteiger charge is 2.45. The minimum Gasteiger partial charge on any atom is -0.353 e. The number of hydrogen-bond donors (Lipinski definition) is 4. The molecule has 0 aromatic carbocycles. The first kappa shape index (κ1) is 22.1. The van der Waals surface area contributed by atoms with Crippen molar-refractivity contribution in [3.8, 4) is 0 Å². The predicted octanol–water partition coefficient (Wildman–Crippen LogP) is 1.51. The van der Waals surface area contributed by atoms with Gasteiger partial charge in [-0.05, 0) is 50.7 Å². The topological polar surface area (TPSA) is 147 Å². The van der Waals surface area contributed by atoms with Gasteiger partial charge in [-0.3, -0.25) is 23.7 Å². The second kappa shape index (κ2) is 8.23. The minimum absolute atomic E-state index is 0.158. The maximum atomic E-state index is 13.5. The summed E-state index contributed by atoms with van der Waals surface area (Å²) < 4.78 is 1.62. The van der Waals surface area contributed by atoms with Gasteiger partial charge in [0.25, 0.3) is 11.5 Å². The van der Waals surface area contributed by atoms with Crippen molar-refractivity contribution in [3.63, 3.8) is 0 Å². The van der Waals surface area contributed by atoms with Crippen LogP contribution in [0.3, 0.4) is 0 Å². The van der Waals surface area contributed by atoms with Crippen molar-refractivity contribution < 1.29 is 14.4 Å². The van der Waals surface area contributed by atoms with Crippen LogP contribution in [0, 0.1) is 12.8 Å². The van der Waals surface area contributed by atoms with Gasteiger partial charge in [-0.1, -0.05) is 6.42 Å². The van der Waals surface area contributed by atoms with Crippen LogP contribution in [0.5, 0.6) is 0 Å². The van der Waals surface area contributed by atoms with Crippen LogP contribution in [-0.2, 0) is 15.3 Å². The van der Waals surface area contributed by atoms with Crippen LogP contribution in [0.1, 0.15) is 61.5 Å². The maximum Gasteiger partial charge on any atom is 0.276 e. The summed E-state index contributed by atoms with van der Waals surface area (Å²) in [5.74, 6) is -0.290. The van der Waals surface area contributed by atoms with Gasteiger partial charge in [0.05, 0.1) is 5.92 Å². The zero-order valence-corrected chi connectivity index (χ0v) is 19.1. The Labute approximate surface area is 195 Å². The first-order chi connectivity index (χ1) is 16.3. The van der Waals surface area contributed by atoms with Gasteiger partial charge in [0.1, 0.15) is 35.0 Å². The lowest BCUT2D eigenvalue weighted by Crippen LogP contribution is -2.48. The number of fused-ring (bicyclic) bond motifs is 2. The van der Waals surface area contributed by atoms with E-state index in [1.165, 1.54) is 13.3 Å². The second-order valence-electron chi connectivity index (χ2n) is 9.33. The van der Waals surface area contributed by atoms with E-state index >= 15 is 0 Å². The van der Waals surface area contributed by atoms with Gasteiger partial charge < -0.3 is 21.3 Å². The number of carbonyl (C=O) groups excluding carboxylic acids is 3. The van der Waals surface area contributed by atoms with Crippen LogP contribution in [0.2, 0.25) is 0 Å². The van der Waals surface area contributed by atoms with Gasteiger partial charge in [0.15, 0.2) is 0 Å². The van der Waals surface area contributed by atoms with Gasteiger partial charge in [-0.25, -0.2) is 9.97 Å². The molecule has 3 amide bonds. The van der Waals surface area contributed by atoms with E-state index in [-0.39, 0.29) is 41.1 Å². The Morgan fingerprint density at radius 2 is 1.85 bits per heavy atom. The van der Waals surface area contributed by atoms with E-state index in [9.17, 15) is 19.2 Å². The predicted molar refractivity (Wildman–Crippen MR) is 124 cm³/mol. The highest BCUT2D eigenvalue weighted by molar-refractivity contribution is 5.97. The van der Waals surface area contributed by atoms with Crippen LogP contribution in [0.4, 0.5) is 17.3 Å². The SMILES string of the molecule is CC(=O)NC1CC1C(=O)Nc1cc(Nc2cc(C)c3n(c2=O)C2(CCCCC2)NC3=O)ncn1. The first-order valence-electron chi connectivity index (χ1n) is 11.5. The van der Waals surface area contributed by atoms with Crippen molar-refractivity contribution in [1.29, 1.82) is 0 Å². The fourth-order valence-corrected chi connectivity index (χ4v) is 5.09. The average molecular weight is 466 g/mol. The molecular weight excluding hydrogens is 438 g/mol. The molecule has 2 atom stereocenters. The lowest BCUT2D eigenvalue weighted by atomic mass is 9.89. The van der Waals surface area contributed by atoms with Crippen molar-refractivity contribution in [2.45, 2.75) is 64.1 Å². The van der Waals surface area contributed by atoms with Crippen molar-refractivity contribution in [1.82, 2.24) is 25.2 Å². The molecule has 2 aromatic rings. The van der Waals surface area contributed by atoms with Crippen LogP contribution < -0.4 is 26.8 Å². The van der Waals surface area contributed by atoms with Crippen LogP contribution in [-0.4, -0.2) is 38.3 Å². The summed E-state index contributed by atoms with van der Waals surface area (Å²) >= 11 is 0. The number of amides is 3. The van der Waals surface area contributed by atoms with Crippen molar-refractivity contribution >= 4 is 35.0 Å². The van der Waals surface area contributed by atoms with Crippen LogP contribution >= 0.6 is 0 Å². The molecule has 2 saturated carbocycles. The van der Waals surface area contributed by atoms with Gasteiger partial charge in [-0.15, -0.1) is 0 Å². The normalized spacial score (nSPS) is 22.0. The molecule has 0 radical (unpaired) electrons. The summed E-state index contributed by atoms with van der Waals surface area (Å²) in [4.78, 5) is 58.0. The molecule has 0 bridgehead atoms. The number of anilines is 3. The van der Waals surface area contributed by atoms with Crippen molar-refractivity contribution in [2.24, 2.45) is 5.92 Å². The Morgan fingerprint density at radius 1 is 1.12 bits per heavy atom. The van der Waals surface area contributed by atoms with E-state index in [1.807, 2.05) is 6.92 Å². The summed E-state index contributed by atoms with van der Waals surface area (Å²) in [5, 5.41) is 11.6. The third-order valence-electron chi connectivity index (χ3n) is 6.76. The molecular formula is C23H27N7O4. The van der Waals surface area contributed by atoms with E-state index in [0.717, 1.165) is 32.1 Å². The first-order valence-corrected chi connectivity index (χ1v) is 11.5. The zero-order valence-electron chi connectivity index (χ0n) is 19.1. The number of aromatic nitrogens is 3. The molecule has 3 heterocycles. The van der Waals surface area contributed by atoms with Gasteiger partial charge in [0, 0.05) is 19.0 Å². The number of aryl methyl sites for hydroxylation is 1. The number of carbonyl (C=O) groups is 3. The number of nitrogens with one attached hydrogen (secondary N) is 4. The van der Waals surface area contributed by atoms with Gasteiger partial charge in [0.2, 0.25) is 11.8 Å². The summed E-state index contributed by atoms with van der Waals surface area (Å²) in [5.41, 5.74) is 0.436. The number of pyridine rings is 1. The molecule has 3 aliphatic rings. The molecule has 1 spiro atoms. The van der Waals surface area contributed by atoms with E-state index in [0.29, 0.717) is 29.2 Å². The minimum atomic E-state index is -0.677. The van der Waals surface area contributed by atoms with Crippen LogP contribution in [0.25, 0.3) is 0 Å². The summed E-state index contributed by atoms with van der Waals surface area (Å²) in [6, 6.07) is 3.04. The van der Waals surface area contributed by atoms with E-state index in [4.69, 9.17) is 0 Å². The molecule has 0 saturated heterocycles. The molecule has 2 unspecified atom stereocenters. The maximum absolute atomic E-state index is 13.5. The average Bonchev–Trinajstić information content (AvgIpc) is 3.48. The number of rotatable bonds is 5. The van der Waals surface area contributed by atoms with E-state index < -0.39 is 5.66 Å². The lowest BCUT2D eigenvalue weighted by Gasteiger charge is -2.35. The van der Waals surface area contributed by atoms with Gasteiger partial charge in [-0.2, -0.15) is 0 Å². The fraction of sp³-hybridized carbons (Fsp3) is 0.478. The Morgan fingerprint density at radius 3 is 2.59 bits per heavy atom. The third kappa shape index (κ3) is 3.91. The number of hydrogen-bond acceptors (Lipinski definition) is 7. The Bertz CT molecular complexity index is 1250. The molecule has 34 heavy (non-hydrogen) atoms. The summed E-state index contributed by atoms with van der Waals surface area (Å²) in [6.07, 6.45) is 6.30. The standard InChI is InChI=1S/C23H27N7O4/c1-12-8-16(22(34)30-19(12)21(33)29-23(30)6-4-3-5-7-23)27-17-10-18(25-11-24-17)28-20(32)14-9-15(14)26-13(2)31/h8,10-11,14-15H,3-7,9H2,1-2H3,(H,26,31)(H,29,33)(H2,24,25,27,28,32). The van der Waals surface area contributed by atoms with Gasteiger partial charge >= 0.3 is 0 Å². The lowest BCUT2D eigenvalue weighted by molar-refractivity contribution is -0.119. The highest BCUT2D eigenvalue weighted by atomic mass is 16.2.